The number of nitrogens with zero attached hydrogens (tertiary/aromatic N) is 1. The molecule has 0 aromatic rings. The molecule has 0 spiro atoms. The quantitative estimate of drug-likeness (QED) is 0.822. The first-order chi connectivity index (χ1) is 10.1. The van der Waals surface area contributed by atoms with Crippen molar-refractivity contribution in [1.82, 2.24) is 10.2 Å². The summed E-state index contributed by atoms with van der Waals surface area (Å²) >= 11 is 0. The molecule has 5 unspecified atom stereocenters. The molecule has 5 atom stereocenters. The van der Waals surface area contributed by atoms with Gasteiger partial charge in [-0.15, -0.1) is 0 Å². The Bertz CT molecular complexity index is 426. The number of urea groups is 1. The SMILES string of the molecule is CC1CCC(NC(=O)N2C(C(=O)O)CC3CCCCC32)C1. The molecule has 0 aromatic carbocycles. The van der Waals surface area contributed by atoms with Gasteiger partial charge in [-0.2, -0.15) is 0 Å². The van der Waals surface area contributed by atoms with Gasteiger partial charge in [0.25, 0.3) is 0 Å². The number of carbonyl (C=O) groups is 2. The Morgan fingerprint density at radius 3 is 2.52 bits per heavy atom. The van der Waals surface area contributed by atoms with Crippen LogP contribution in [-0.4, -0.2) is 40.1 Å². The van der Waals surface area contributed by atoms with E-state index in [2.05, 4.69) is 12.2 Å². The molecule has 118 valence electrons. The minimum atomic E-state index is -0.848. The molecule has 2 aliphatic carbocycles. The highest BCUT2D eigenvalue weighted by molar-refractivity contribution is 5.84. The van der Waals surface area contributed by atoms with Crippen molar-refractivity contribution >= 4 is 12.0 Å². The topological polar surface area (TPSA) is 69.6 Å². The fraction of sp³-hybridized carbons (Fsp3) is 0.875. The van der Waals surface area contributed by atoms with E-state index in [1.54, 1.807) is 4.90 Å². The van der Waals surface area contributed by atoms with Gasteiger partial charge < -0.3 is 15.3 Å². The normalized spacial score (nSPS) is 39.1. The van der Waals surface area contributed by atoms with Gasteiger partial charge in [0.1, 0.15) is 6.04 Å². The van der Waals surface area contributed by atoms with Crippen molar-refractivity contribution in [3.05, 3.63) is 0 Å². The van der Waals surface area contributed by atoms with Crippen molar-refractivity contribution in [1.29, 1.82) is 0 Å². The van der Waals surface area contributed by atoms with E-state index < -0.39 is 12.0 Å². The van der Waals surface area contributed by atoms with Crippen LogP contribution in [0.3, 0.4) is 0 Å². The Balaban J connectivity index is 1.70. The number of nitrogens with one attached hydrogen (secondary N) is 1. The van der Waals surface area contributed by atoms with Crippen molar-refractivity contribution < 1.29 is 14.7 Å². The number of amides is 2. The third kappa shape index (κ3) is 2.87. The highest BCUT2D eigenvalue weighted by atomic mass is 16.4. The minimum Gasteiger partial charge on any atom is -0.480 e. The molecule has 1 aliphatic heterocycles. The van der Waals surface area contributed by atoms with Crippen molar-refractivity contribution in [3.63, 3.8) is 0 Å². The molecule has 2 saturated carbocycles. The van der Waals surface area contributed by atoms with Crippen LogP contribution < -0.4 is 5.32 Å². The van der Waals surface area contributed by atoms with Gasteiger partial charge in [0.05, 0.1) is 0 Å². The third-order valence-corrected chi connectivity index (χ3v) is 5.63. The number of rotatable bonds is 2. The zero-order chi connectivity index (χ0) is 15.0. The average molecular weight is 294 g/mol. The van der Waals surface area contributed by atoms with Crippen molar-refractivity contribution in [2.45, 2.75) is 76.4 Å². The summed E-state index contributed by atoms with van der Waals surface area (Å²) in [5.74, 6) is 0.194. The Kier molecular flexibility index (Phi) is 4.09. The lowest BCUT2D eigenvalue weighted by Gasteiger charge is -2.33. The summed E-state index contributed by atoms with van der Waals surface area (Å²) in [6.07, 6.45) is 8.13. The lowest BCUT2D eigenvalue weighted by atomic mass is 9.85. The fourth-order valence-electron chi connectivity index (χ4n) is 4.56. The molecule has 0 bridgehead atoms. The molecule has 2 amide bonds. The summed E-state index contributed by atoms with van der Waals surface area (Å²) in [6, 6.07) is -0.406. The van der Waals surface area contributed by atoms with E-state index >= 15 is 0 Å². The number of hydrogen-bond acceptors (Lipinski definition) is 2. The first-order valence-corrected chi connectivity index (χ1v) is 8.38. The molecule has 1 saturated heterocycles. The summed E-state index contributed by atoms with van der Waals surface area (Å²) < 4.78 is 0. The van der Waals surface area contributed by atoms with Gasteiger partial charge in [-0.3, -0.25) is 0 Å². The van der Waals surface area contributed by atoms with E-state index in [-0.39, 0.29) is 18.1 Å². The maximum absolute atomic E-state index is 12.6. The number of carbonyl (C=O) groups excluding carboxylic acids is 1. The van der Waals surface area contributed by atoms with Gasteiger partial charge in [-0.05, 0) is 50.4 Å². The van der Waals surface area contributed by atoms with E-state index in [1.165, 1.54) is 6.42 Å². The van der Waals surface area contributed by atoms with Crippen LogP contribution in [0.4, 0.5) is 4.79 Å². The summed E-state index contributed by atoms with van der Waals surface area (Å²) in [5, 5.41) is 12.6. The second-order valence-electron chi connectivity index (χ2n) is 7.17. The fourth-order valence-corrected chi connectivity index (χ4v) is 4.56. The van der Waals surface area contributed by atoms with Crippen LogP contribution in [0.25, 0.3) is 0 Å². The molecule has 21 heavy (non-hydrogen) atoms. The van der Waals surface area contributed by atoms with Gasteiger partial charge in [0, 0.05) is 12.1 Å². The summed E-state index contributed by atoms with van der Waals surface area (Å²) in [4.78, 5) is 25.8. The standard InChI is InChI=1S/C16H26N2O3/c1-10-6-7-12(8-10)17-16(21)18-13-5-3-2-4-11(13)9-14(18)15(19)20/h10-14H,2-9H2,1H3,(H,17,21)(H,19,20). The molecule has 5 nitrogen and oxygen atoms in total. The maximum atomic E-state index is 12.6. The van der Waals surface area contributed by atoms with Crippen molar-refractivity contribution in [2.24, 2.45) is 11.8 Å². The summed E-state index contributed by atoms with van der Waals surface area (Å²) in [7, 11) is 0. The average Bonchev–Trinajstić information content (AvgIpc) is 3.02. The second kappa shape index (κ2) is 5.85. The lowest BCUT2D eigenvalue weighted by Crippen LogP contribution is -2.52. The van der Waals surface area contributed by atoms with Crippen LogP contribution >= 0.6 is 0 Å². The minimum absolute atomic E-state index is 0.138. The molecule has 5 heteroatoms. The zero-order valence-corrected chi connectivity index (χ0v) is 12.8. The molecule has 2 N–H and O–H groups in total. The van der Waals surface area contributed by atoms with E-state index in [9.17, 15) is 14.7 Å². The van der Waals surface area contributed by atoms with Crippen molar-refractivity contribution in [2.75, 3.05) is 0 Å². The van der Waals surface area contributed by atoms with Gasteiger partial charge in [0.2, 0.25) is 0 Å². The Hall–Kier alpha value is -1.26. The van der Waals surface area contributed by atoms with Crippen LogP contribution in [0.5, 0.6) is 0 Å². The first-order valence-electron chi connectivity index (χ1n) is 8.38. The zero-order valence-electron chi connectivity index (χ0n) is 12.8. The van der Waals surface area contributed by atoms with E-state index in [1.807, 2.05) is 0 Å². The Morgan fingerprint density at radius 2 is 1.86 bits per heavy atom. The smallest absolute Gasteiger partial charge is 0.326 e. The molecule has 3 fully saturated rings. The van der Waals surface area contributed by atoms with E-state index in [4.69, 9.17) is 0 Å². The first kappa shape index (κ1) is 14.7. The summed E-state index contributed by atoms with van der Waals surface area (Å²) in [5.41, 5.74) is 0. The molecule has 1 heterocycles. The number of carboxylic acids is 1. The Labute approximate surface area is 126 Å². The van der Waals surface area contributed by atoms with Crippen molar-refractivity contribution in [3.8, 4) is 0 Å². The van der Waals surface area contributed by atoms with Crippen LogP contribution in [0.2, 0.25) is 0 Å². The van der Waals surface area contributed by atoms with Gasteiger partial charge in [-0.25, -0.2) is 9.59 Å². The van der Waals surface area contributed by atoms with Gasteiger partial charge in [-0.1, -0.05) is 19.8 Å². The number of carboxylic acid groups (broad SMARTS) is 1. The molecule has 3 rings (SSSR count). The van der Waals surface area contributed by atoms with Gasteiger partial charge >= 0.3 is 12.0 Å². The van der Waals surface area contributed by atoms with Crippen LogP contribution in [0.15, 0.2) is 0 Å². The molecule has 0 aromatic heterocycles. The predicted octanol–water partition coefficient (Wildman–Crippen LogP) is 2.60. The monoisotopic (exact) mass is 294 g/mol. The number of aliphatic carboxylic acids is 1. The lowest BCUT2D eigenvalue weighted by molar-refractivity contribution is -0.141. The van der Waals surface area contributed by atoms with E-state index in [0.717, 1.165) is 38.5 Å². The van der Waals surface area contributed by atoms with Crippen LogP contribution in [0, 0.1) is 11.8 Å². The number of likely N-dealkylation sites (tertiary alicyclic amines) is 1. The highest BCUT2D eigenvalue weighted by Crippen LogP contribution is 2.40. The second-order valence-corrected chi connectivity index (χ2v) is 7.17. The third-order valence-electron chi connectivity index (χ3n) is 5.63. The molecule has 3 aliphatic rings. The van der Waals surface area contributed by atoms with Gasteiger partial charge in [0.15, 0.2) is 0 Å². The highest BCUT2D eigenvalue weighted by Gasteiger charge is 2.47. The van der Waals surface area contributed by atoms with Crippen LogP contribution in [0.1, 0.15) is 58.3 Å². The molecule has 0 radical (unpaired) electrons. The van der Waals surface area contributed by atoms with E-state index in [0.29, 0.717) is 18.3 Å². The van der Waals surface area contributed by atoms with Crippen LogP contribution in [-0.2, 0) is 4.79 Å². The summed E-state index contributed by atoms with van der Waals surface area (Å²) in [6.45, 7) is 2.21. The maximum Gasteiger partial charge on any atom is 0.326 e. The predicted molar refractivity (Wildman–Crippen MR) is 79.0 cm³/mol. The molecular formula is C16H26N2O3. The largest absolute Gasteiger partial charge is 0.480 e. The number of fused-ring (bicyclic) bond motifs is 1. The Morgan fingerprint density at radius 1 is 1.10 bits per heavy atom. The number of hydrogen-bond donors (Lipinski definition) is 2. The molecular weight excluding hydrogens is 268 g/mol.